The molecule has 2 aliphatic heterocycles. The average molecular weight is 686 g/mol. The van der Waals surface area contributed by atoms with Crippen LogP contribution >= 0.6 is 0 Å². The van der Waals surface area contributed by atoms with Gasteiger partial charge in [-0.1, -0.05) is 62.6 Å². The summed E-state index contributed by atoms with van der Waals surface area (Å²) in [4.78, 5) is 2.13. The number of aliphatic hydroxyl groups excluding tert-OH is 1. The molecule has 0 radical (unpaired) electrons. The first-order chi connectivity index (χ1) is 22.1. The monoisotopic (exact) mass is 685 g/mol. The molecule has 2 aliphatic rings. The molecule has 47 heavy (non-hydrogen) atoms. The van der Waals surface area contributed by atoms with E-state index in [9.17, 15) is 31.0 Å². The number of para-hydroxylation sites is 1. The minimum atomic E-state index is -4.37. The van der Waals surface area contributed by atoms with Gasteiger partial charge < -0.3 is 10.0 Å². The van der Waals surface area contributed by atoms with Crippen molar-refractivity contribution in [2.75, 3.05) is 30.3 Å². The quantitative estimate of drug-likeness (QED) is 0.0768. The van der Waals surface area contributed by atoms with E-state index in [4.69, 9.17) is 0 Å². The minimum Gasteiger partial charge on any atom is -0.396 e. The molecule has 11 heteroatoms. The SMILES string of the molecule is CCCN1C(=CC=CC=CC2=[N+](CCCS(=O)(=O)O)c3ccccc3C2(C)C)C(C)(CCCCCCO)c2cc(S(=O)(=O)O)ccc21. The molecule has 0 saturated carbocycles. The van der Waals surface area contributed by atoms with Gasteiger partial charge in [0.05, 0.1) is 16.1 Å². The van der Waals surface area contributed by atoms with Crippen molar-refractivity contribution in [2.24, 2.45) is 0 Å². The zero-order chi connectivity index (χ0) is 34.5. The Balaban J connectivity index is 1.69. The summed E-state index contributed by atoms with van der Waals surface area (Å²) in [5.74, 6) is -0.306. The molecular weight excluding hydrogens is 637 g/mol. The second-order valence-corrected chi connectivity index (χ2v) is 16.1. The van der Waals surface area contributed by atoms with Crippen molar-refractivity contribution >= 4 is 37.3 Å². The van der Waals surface area contributed by atoms with Crippen LogP contribution in [0.15, 0.2) is 83.4 Å². The summed E-state index contributed by atoms with van der Waals surface area (Å²) in [5, 5.41) is 9.22. The summed E-state index contributed by atoms with van der Waals surface area (Å²) in [7, 11) is -8.43. The third-order valence-electron chi connectivity index (χ3n) is 9.35. The molecule has 3 N–H and O–H groups in total. The first-order valence-corrected chi connectivity index (χ1v) is 19.5. The molecule has 0 fully saturated rings. The maximum Gasteiger partial charge on any atom is 0.294 e. The Morgan fingerprint density at radius 2 is 1.60 bits per heavy atom. The van der Waals surface area contributed by atoms with E-state index < -0.39 is 25.7 Å². The van der Waals surface area contributed by atoms with Crippen molar-refractivity contribution < 1.29 is 35.6 Å². The van der Waals surface area contributed by atoms with Gasteiger partial charge in [-0.15, -0.1) is 0 Å². The molecule has 2 aromatic rings. The number of fused-ring (bicyclic) bond motifs is 2. The Labute approximate surface area is 280 Å². The molecule has 1 atom stereocenters. The van der Waals surface area contributed by atoms with Crippen LogP contribution in [0.5, 0.6) is 0 Å². The number of hydrogen-bond acceptors (Lipinski definition) is 6. The smallest absolute Gasteiger partial charge is 0.294 e. The van der Waals surface area contributed by atoms with Crippen molar-refractivity contribution in [3.05, 3.63) is 89.7 Å². The van der Waals surface area contributed by atoms with Gasteiger partial charge in [-0.2, -0.15) is 21.4 Å². The third-order valence-corrected chi connectivity index (χ3v) is 11.0. The second kappa shape index (κ2) is 15.0. The zero-order valence-electron chi connectivity index (χ0n) is 27.9. The van der Waals surface area contributed by atoms with E-state index in [2.05, 4.69) is 55.4 Å². The van der Waals surface area contributed by atoms with Crippen LogP contribution in [-0.4, -0.2) is 66.8 Å². The summed E-state index contributed by atoms with van der Waals surface area (Å²) in [6.45, 7) is 9.88. The first kappa shape index (κ1) is 36.7. The number of hydrogen-bond donors (Lipinski definition) is 3. The molecule has 0 spiro atoms. The maximum atomic E-state index is 12.1. The third kappa shape index (κ3) is 8.32. The number of benzene rings is 2. The van der Waals surface area contributed by atoms with Crippen LogP contribution in [0.1, 0.15) is 83.8 Å². The number of unbranched alkanes of at least 4 members (excludes halogenated alkanes) is 3. The zero-order valence-corrected chi connectivity index (χ0v) is 29.5. The van der Waals surface area contributed by atoms with Gasteiger partial charge in [0.2, 0.25) is 5.69 Å². The highest BCUT2D eigenvalue weighted by Gasteiger charge is 2.44. The van der Waals surface area contributed by atoms with Crippen molar-refractivity contribution in [1.29, 1.82) is 0 Å². The van der Waals surface area contributed by atoms with Crippen molar-refractivity contribution in [2.45, 2.75) is 88.4 Å². The van der Waals surface area contributed by atoms with Crippen LogP contribution in [0, 0.1) is 0 Å². The molecule has 256 valence electrons. The van der Waals surface area contributed by atoms with Crippen molar-refractivity contribution in [3.8, 4) is 0 Å². The molecule has 0 aromatic heterocycles. The van der Waals surface area contributed by atoms with Gasteiger partial charge in [0.15, 0.2) is 5.71 Å². The lowest BCUT2D eigenvalue weighted by Gasteiger charge is -2.30. The lowest BCUT2D eigenvalue weighted by Crippen LogP contribution is -2.29. The predicted octanol–water partition coefficient (Wildman–Crippen LogP) is 6.71. The molecule has 2 heterocycles. The van der Waals surface area contributed by atoms with E-state index in [1.165, 1.54) is 6.07 Å². The summed E-state index contributed by atoms with van der Waals surface area (Å²) in [6, 6.07) is 12.9. The highest BCUT2D eigenvalue weighted by molar-refractivity contribution is 7.86. The fourth-order valence-electron chi connectivity index (χ4n) is 7.01. The minimum absolute atomic E-state index is 0.114. The predicted molar refractivity (Wildman–Crippen MR) is 188 cm³/mol. The van der Waals surface area contributed by atoms with E-state index in [1.54, 1.807) is 12.1 Å². The van der Waals surface area contributed by atoms with E-state index in [0.29, 0.717) is 6.54 Å². The molecule has 0 amide bonds. The summed E-state index contributed by atoms with van der Waals surface area (Å²) >= 11 is 0. The normalized spacial score (nSPS) is 20.2. The number of anilines is 1. The summed E-state index contributed by atoms with van der Waals surface area (Å²) < 4.78 is 68.3. The lowest BCUT2D eigenvalue weighted by atomic mass is 9.77. The Morgan fingerprint density at radius 1 is 0.872 bits per heavy atom. The largest absolute Gasteiger partial charge is 0.396 e. The van der Waals surface area contributed by atoms with Gasteiger partial charge in [0, 0.05) is 54.1 Å². The Morgan fingerprint density at radius 3 is 2.28 bits per heavy atom. The maximum absolute atomic E-state index is 12.1. The summed E-state index contributed by atoms with van der Waals surface area (Å²) in [5.41, 5.74) is 5.26. The van der Waals surface area contributed by atoms with Crippen molar-refractivity contribution in [3.63, 3.8) is 0 Å². The molecule has 9 nitrogen and oxygen atoms in total. The number of allylic oxidation sites excluding steroid dienone is 6. The van der Waals surface area contributed by atoms with Crippen LogP contribution < -0.4 is 4.90 Å². The van der Waals surface area contributed by atoms with Gasteiger partial charge in [0.25, 0.3) is 20.2 Å². The topological polar surface area (TPSA) is 135 Å². The van der Waals surface area contributed by atoms with Crippen LogP contribution in [-0.2, 0) is 31.1 Å². The Hall–Kier alpha value is -3.09. The van der Waals surface area contributed by atoms with E-state index in [1.807, 2.05) is 36.4 Å². The fourth-order valence-corrected chi connectivity index (χ4v) is 8.01. The molecule has 0 aliphatic carbocycles. The highest BCUT2D eigenvalue weighted by atomic mass is 32.2. The number of nitrogens with zero attached hydrogens (tertiary/aromatic N) is 2. The van der Waals surface area contributed by atoms with Crippen LogP contribution in [0.25, 0.3) is 0 Å². The number of aliphatic hydroxyl groups is 1. The van der Waals surface area contributed by atoms with Gasteiger partial charge in [-0.3, -0.25) is 9.11 Å². The first-order valence-electron chi connectivity index (χ1n) is 16.4. The molecule has 0 bridgehead atoms. The van der Waals surface area contributed by atoms with E-state index in [-0.39, 0.29) is 29.1 Å². The summed E-state index contributed by atoms with van der Waals surface area (Å²) in [6.07, 6.45) is 15.5. The molecule has 2 aromatic carbocycles. The molecular formula is C36H49N2O7S2+. The second-order valence-electron chi connectivity index (χ2n) is 13.1. The lowest BCUT2D eigenvalue weighted by molar-refractivity contribution is -0.437. The Bertz CT molecular complexity index is 1790. The van der Waals surface area contributed by atoms with E-state index in [0.717, 1.165) is 79.0 Å². The van der Waals surface area contributed by atoms with Crippen LogP contribution in [0.4, 0.5) is 11.4 Å². The molecule has 4 rings (SSSR count). The highest BCUT2D eigenvalue weighted by Crippen LogP contribution is 2.51. The van der Waals surface area contributed by atoms with Gasteiger partial charge >= 0.3 is 0 Å². The van der Waals surface area contributed by atoms with Gasteiger partial charge in [-0.25, -0.2) is 0 Å². The number of rotatable bonds is 16. The fraction of sp³-hybridized carbons (Fsp3) is 0.472. The average Bonchev–Trinajstić information content (AvgIpc) is 3.36. The molecule has 1 unspecified atom stereocenters. The van der Waals surface area contributed by atoms with Crippen LogP contribution in [0.2, 0.25) is 0 Å². The standard InChI is InChI=1S/C36H48N2O7S2/c1-5-23-37-32-21-20-28(47(43,44)45)27-30(32)36(4,22-13-6-7-14-25-39)34(37)19-10-8-9-18-33-35(2,3)29-16-11-12-17-31(29)38(33)24-15-26-46(40,41)42/h8-12,16-21,27,39H,5-7,13-15,22-26H2,1-4H3,(H-,40,41,42,43,44,45)/p+1. The van der Waals surface area contributed by atoms with E-state index >= 15 is 0 Å². The van der Waals surface area contributed by atoms with Gasteiger partial charge in [0.1, 0.15) is 6.54 Å². The van der Waals surface area contributed by atoms with Gasteiger partial charge in [-0.05, 0) is 69.9 Å². The van der Waals surface area contributed by atoms with Crippen molar-refractivity contribution in [1.82, 2.24) is 0 Å². The Kier molecular flexibility index (Phi) is 11.7. The molecule has 0 saturated heterocycles. The van der Waals surface area contributed by atoms with Crippen LogP contribution in [0.3, 0.4) is 0 Å².